The van der Waals surface area contributed by atoms with Gasteiger partial charge in [0.25, 0.3) is 0 Å². The van der Waals surface area contributed by atoms with E-state index in [2.05, 4.69) is 20.8 Å². The third kappa shape index (κ3) is 2.13. The Kier molecular flexibility index (Phi) is 3.61. The van der Waals surface area contributed by atoms with E-state index < -0.39 is 0 Å². The summed E-state index contributed by atoms with van der Waals surface area (Å²) < 4.78 is 0. The molecular weight excluding hydrogens is 284 g/mol. The summed E-state index contributed by atoms with van der Waals surface area (Å²) in [7, 11) is 0. The molecule has 0 aromatic carbocycles. The zero-order valence-electron chi connectivity index (χ0n) is 14.8. The Morgan fingerprint density at radius 1 is 1.30 bits per heavy atom. The van der Waals surface area contributed by atoms with Crippen LogP contribution in [0.5, 0.6) is 0 Å². The second-order valence-corrected chi connectivity index (χ2v) is 8.75. The highest BCUT2D eigenvalue weighted by Crippen LogP contribution is 2.62. The number of hydrogen-bond acceptors (Lipinski definition) is 2. The summed E-state index contributed by atoms with van der Waals surface area (Å²) in [4.78, 5) is 11.8. The summed E-state index contributed by atoms with van der Waals surface area (Å²) in [5.41, 5.74) is 4.63. The summed E-state index contributed by atoms with van der Waals surface area (Å²) in [5, 5.41) is 10.7. The number of carbonyl (C=O) groups excluding carboxylic acids is 1. The van der Waals surface area contributed by atoms with E-state index in [9.17, 15) is 9.90 Å². The van der Waals surface area contributed by atoms with Crippen molar-refractivity contribution in [2.24, 2.45) is 29.1 Å². The molecule has 6 atom stereocenters. The van der Waals surface area contributed by atoms with Crippen molar-refractivity contribution in [3.8, 4) is 0 Å². The maximum absolute atomic E-state index is 11.8. The van der Waals surface area contributed by atoms with Crippen LogP contribution < -0.4 is 0 Å². The third-order valence-corrected chi connectivity index (χ3v) is 7.60. The lowest BCUT2D eigenvalue weighted by atomic mass is 9.51. The van der Waals surface area contributed by atoms with Crippen LogP contribution in [0.25, 0.3) is 0 Å². The van der Waals surface area contributed by atoms with Gasteiger partial charge in [-0.3, -0.25) is 4.79 Å². The van der Waals surface area contributed by atoms with Gasteiger partial charge < -0.3 is 5.11 Å². The summed E-state index contributed by atoms with van der Waals surface area (Å²) in [6.45, 7) is 6.95. The van der Waals surface area contributed by atoms with Gasteiger partial charge in [-0.1, -0.05) is 37.5 Å². The first-order valence-corrected chi connectivity index (χ1v) is 9.59. The maximum atomic E-state index is 11.8. The number of aliphatic hydroxyl groups excluding tert-OH is 1. The Hall–Kier alpha value is -0.890. The molecule has 0 aromatic rings. The molecule has 0 spiro atoms. The largest absolute Gasteiger partial charge is 0.392 e. The van der Waals surface area contributed by atoms with Crippen molar-refractivity contribution in [1.29, 1.82) is 0 Å². The predicted molar refractivity (Wildman–Crippen MR) is 91.9 cm³/mol. The van der Waals surface area contributed by atoms with Crippen LogP contribution in [0.3, 0.4) is 0 Å². The molecule has 4 rings (SSSR count). The molecule has 0 radical (unpaired) electrons. The Balaban J connectivity index is 1.77. The molecule has 4 aliphatic carbocycles. The molecule has 0 heterocycles. The first kappa shape index (κ1) is 15.6. The van der Waals surface area contributed by atoms with E-state index >= 15 is 0 Å². The van der Waals surface area contributed by atoms with Crippen molar-refractivity contribution in [1.82, 2.24) is 0 Å². The van der Waals surface area contributed by atoms with Crippen molar-refractivity contribution in [2.45, 2.75) is 71.8 Å². The van der Waals surface area contributed by atoms with Crippen molar-refractivity contribution in [3.63, 3.8) is 0 Å². The smallest absolute Gasteiger partial charge is 0.155 e. The fourth-order valence-corrected chi connectivity index (χ4v) is 6.49. The number of hydrogen-bond donors (Lipinski definition) is 1. The Labute approximate surface area is 140 Å². The molecule has 2 nitrogen and oxygen atoms in total. The Morgan fingerprint density at radius 3 is 2.83 bits per heavy atom. The van der Waals surface area contributed by atoms with E-state index in [-0.39, 0.29) is 11.5 Å². The minimum atomic E-state index is -0.175. The predicted octanol–water partition coefficient (Wildman–Crippen LogP) is 4.44. The summed E-state index contributed by atoms with van der Waals surface area (Å²) in [5.74, 6) is 2.91. The average molecular weight is 314 g/mol. The average Bonchev–Trinajstić information content (AvgIpc) is 2.78. The van der Waals surface area contributed by atoms with Gasteiger partial charge in [0.1, 0.15) is 0 Å². The zero-order valence-corrected chi connectivity index (χ0v) is 14.8. The van der Waals surface area contributed by atoms with Crippen LogP contribution in [0, 0.1) is 29.1 Å². The van der Waals surface area contributed by atoms with Crippen LogP contribution in [0.15, 0.2) is 22.8 Å². The highest BCUT2D eigenvalue weighted by atomic mass is 16.3. The highest BCUT2D eigenvalue weighted by Gasteiger charge is 2.55. The van der Waals surface area contributed by atoms with Gasteiger partial charge in [-0.15, -0.1) is 0 Å². The first-order valence-electron chi connectivity index (χ1n) is 9.59. The lowest BCUT2D eigenvalue weighted by molar-refractivity contribution is -0.115. The Bertz CT molecular complexity index is 599. The molecule has 2 heteroatoms. The van der Waals surface area contributed by atoms with Crippen LogP contribution in [0.1, 0.15) is 65.7 Å². The van der Waals surface area contributed by atoms with Gasteiger partial charge in [0.2, 0.25) is 0 Å². The van der Waals surface area contributed by atoms with Gasteiger partial charge in [-0.05, 0) is 68.3 Å². The fraction of sp³-hybridized carbons (Fsp3) is 0.762. The van der Waals surface area contributed by atoms with Gasteiger partial charge in [0.15, 0.2) is 5.78 Å². The number of carbonyl (C=O) groups is 1. The number of allylic oxidation sites excluding steroid dienone is 2. The molecule has 2 fully saturated rings. The van der Waals surface area contributed by atoms with Gasteiger partial charge in [-0.2, -0.15) is 0 Å². The molecule has 0 saturated heterocycles. The third-order valence-electron chi connectivity index (χ3n) is 7.60. The van der Waals surface area contributed by atoms with Gasteiger partial charge in [0, 0.05) is 11.8 Å². The second kappa shape index (κ2) is 5.31. The molecule has 2 saturated carbocycles. The van der Waals surface area contributed by atoms with E-state index in [0.717, 1.165) is 38.5 Å². The van der Waals surface area contributed by atoms with Crippen LogP contribution in [0.2, 0.25) is 0 Å². The number of fused-ring (bicyclic) bond motifs is 5. The van der Waals surface area contributed by atoms with Crippen LogP contribution >= 0.6 is 0 Å². The summed E-state index contributed by atoms with van der Waals surface area (Å²) >= 11 is 0. The second-order valence-electron chi connectivity index (χ2n) is 8.75. The molecule has 0 bridgehead atoms. The minimum Gasteiger partial charge on any atom is -0.392 e. The SMILES string of the molecule is CCC1=C2[C@H]3[C@H](CC[C@]2(C)[C@@H](O)C1)[C@H]1CCC(=O)C=C1C[C@H]3C. The van der Waals surface area contributed by atoms with Crippen LogP contribution in [-0.4, -0.2) is 17.0 Å². The Morgan fingerprint density at radius 2 is 2.09 bits per heavy atom. The van der Waals surface area contributed by atoms with E-state index in [1.165, 1.54) is 12.0 Å². The number of rotatable bonds is 1. The topological polar surface area (TPSA) is 37.3 Å². The quantitative estimate of drug-likeness (QED) is 0.727. The molecule has 0 aliphatic heterocycles. The lowest BCUT2D eigenvalue weighted by Gasteiger charge is -2.53. The lowest BCUT2D eigenvalue weighted by Crippen LogP contribution is -2.47. The van der Waals surface area contributed by atoms with E-state index in [1.807, 2.05) is 6.08 Å². The maximum Gasteiger partial charge on any atom is 0.155 e. The number of aliphatic hydroxyl groups is 1. The van der Waals surface area contributed by atoms with Gasteiger partial charge >= 0.3 is 0 Å². The first-order chi connectivity index (χ1) is 11.0. The molecular formula is C21H30O2. The van der Waals surface area contributed by atoms with Gasteiger partial charge in [0.05, 0.1) is 6.10 Å². The zero-order chi connectivity index (χ0) is 16.4. The monoisotopic (exact) mass is 314 g/mol. The molecule has 1 N–H and O–H groups in total. The highest BCUT2D eigenvalue weighted by molar-refractivity contribution is 5.91. The number of ketones is 1. The molecule has 0 unspecified atom stereocenters. The normalized spacial score (nSPS) is 46.2. The van der Waals surface area contributed by atoms with E-state index in [1.54, 1.807) is 11.1 Å². The van der Waals surface area contributed by atoms with Gasteiger partial charge in [-0.25, -0.2) is 0 Å². The molecule has 4 aliphatic rings. The van der Waals surface area contributed by atoms with Crippen molar-refractivity contribution in [2.75, 3.05) is 0 Å². The molecule has 23 heavy (non-hydrogen) atoms. The van der Waals surface area contributed by atoms with Crippen molar-refractivity contribution in [3.05, 3.63) is 22.8 Å². The standard InChI is InChI=1S/C21H30O2/c1-4-13-11-18(23)21(3)8-7-17-16-6-5-15(22)10-14(16)9-12(2)19(17)20(13)21/h10,12,16-19,23H,4-9,11H2,1-3H3/t12-,16+,17-,18+,19-,21-/m1/s1. The van der Waals surface area contributed by atoms with Crippen molar-refractivity contribution >= 4 is 5.78 Å². The van der Waals surface area contributed by atoms with Crippen LogP contribution in [0.4, 0.5) is 0 Å². The molecule has 126 valence electrons. The minimum absolute atomic E-state index is 0.0203. The molecule has 0 aromatic heterocycles. The van der Waals surface area contributed by atoms with E-state index in [0.29, 0.717) is 29.5 Å². The van der Waals surface area contributed by atoms with Crippen molar-refractivity contribution < 1.29 is 9.90 Å². The fourth-order valence-electron chi connectivity index (χ4n) is 6.49. The molecule has 0 amide bonds. The summed E-state index contributed by atoms with van der Waals surface area (Å²) in [6.07, 6.45) is 9.02. The van der Waals surface area contributed by atoms with E-state index in [4.69, 9.17) is 0 Å². The summed E-state index contributed by atoms with van der Waals surface area (Å²) in [6, 6.07) is 0. The van der Waals surface area contributed by atoms with Crippen LogP contribution in [-0.2, 0) is 4.79 Å².